The molecule has 0 saturated heterocycles. The molecule has 0 radical (unpaired) electrons. The normalized spacial score (nSPS) is 18.7. The summed E-state index contributed by atoms with van der Waals surface area (Å²) in [6.07, 6.45) is 24.1. The molecule has 1 aromatic heterocycles. The maximum atomic E-state index is 4.90. The summed E-state index contributed by atoms with van der Waals surface area (Å²) in [5.74, 6) is 1.65. The number of pyridine rings is 1. The van der Waals surface area contributed by atoms with Gasteiger partial charge >= 0.3 is 0 Å². The zero-order chi connectivity index (χ0) is 22.4. The average molecular weight is 434 g/mol. The molecule has 0 atom stereocenters. The van der Waals surface area contributed by atoms with E-state index in [1.165, 1.54) is 125 Å². The minimum Gasteiger partial charge on any atom is -0.260 e. The molecule has 1 heteroatoms. The number of hydrogen-bond donors (Lipinski definition) is 0. The van der Waals surface area contributed by atoms with Crippen LogP contribution in [0, 0.1) is 5.92 Å². The Bertz CT molecular complexity index is 722. The van der Waals surface area contributed by atoms with Crippen molar-refractivity contribution in [2.75, 3.05) is 0 Å². The molecule has 1 aliphatic carbocycles. The molecule has 176 valence electrons. The number of nitrogens with zero attached hydrogens (tertiary/aromatic N) is 1. The summed E-state index contributed by atoms with van der Waals surface area (Å²) in [7, 11) is 0. The van der Waals surface area contributed by atoms with Gasteiger partial charge in [-0.15, -0.1) is 0 Å². The number of hydrogen-bond acceptors (Lipinski definition) is 1. The van der Waals surface area contributed by atoms with Crippen LogP contribution in [-0.2, 0) is 6.42 Å². The average Bonchev–Trinajstić information content (AvgIpc) is 2.85. The molecule has 0 unspecified atom stereocenters. The SMILES string of the molecule is CCCCCCCCc1ccc(-c2ccc(C3CCC(CCCCCC)CC3)nc2)cc1. The molecule has 1 heterocycles. The maximum absolute atomic E-state index is 4.90. The van der Waals surface area contributed by atoms with Gasteiger partial charge in [-0.05, 0) is 61.6 Å². The van der Waals surface area contributed by atoms with Crippen LogP contribution < -0.4 is 0 Å². The summed E-state index contributed by atoms with van der Waals surface area (Å²) in [4.78, 5) is 4.90. The molecule has 0 aliphatic heterocycles. The van der Waals surface area contributed by atoms with Crippen LogP contribution in [0.2, 0.25) is 0 Å². The van der Waals surface area contributed by atoms with E-state index in [0.29, 0.717) is 5.92 Å². The van der Waals surface area contributed by atoms with Gasteiger partial charge in [-0.25, -0.2) is 0 Å². The monoisotopic (exact) mass is 433 g/mol. The minimum absolute atomic E-state index is 0.677. The van der Waals surface area contributed by atoms with Gasteiger partial charge in [0.25, 0.3) is 0 Å². The van der Waals surface area contributed by atoms with Crippen LogP contribution in [0.15, 0.2) is 42.6 Å². The molecule has 0 N–H and O–H groups in total. The zero-order valence-electron chi connectivity index (χ0n) is 21.0. The second kappa shape index (κ2) is 14.5. The van der Waals surface area contributed by atoms with Crippen LogP contribution in [0.25, 0.3) is 11.1 Å². The summed E-state index contributed by atoms with van der Waals surface area (Å²) < 4.78 is 0. The Labute approximate surface area is 198 Å². The lowest BCUT2D eigenvalue weighted by Gasteiger charge is -2.28. The van der Waals surface area contributed by atoms with Crippen LogP contribution in [0.5, 0.6) is 0 Å². The first-order chi connectivity index (χ1) is 15.8. The van der Waals surface area contributed by atoms with Crippen molar-refractivity contribution in [1.82, 2.24) is 4.98 Å². The summed E-state index contributed by atoms with van der Waals surface area (Å²) in [5.41, 5.74) is 5.34. The van der Waals surface area contributed by atoms with Crippen LogP contribution in [-0.4, -0.2) is 4.98 Å². The van der Waals surface area contributed by atoms with E-state index in [0.717, 1.165) is 5.92 Å². The Morgan fingerprint density at radius 2 is 1.28 bits per heavy atom. The van der Waals surface area contributed by atoms with E-state index in [1.807, 2.05) is 0 Å². The Kier molecular flexibility index (Phi) is 11.3. The molecule has 0 spiro atoms. The lowest BCUT2D eigenvalue weighted by atomic mass is 9.78. The van der Waals surface area contributed by atoms with Gasteiger partial charge < -0.3 is 0 Å². The third-order valence-electron chi connectivity index (χ3n) is 7.62. The van der Waals surface area contributed by atoms with Crippen molar-refractivity contribution < 1.29 is 0 Å². The minimum atomic E-state index is 0.677. The fourth-order valence-corrected chi connectivity index (χ4v) is 5.40. The van der Waals surface area contributed by atoms with E-state index in [9.17, 15) is 0 Å². The first-order valence-electron chi connectivity index (χ1n) is 13.9. The van der Waals surface area contributed by atoms with E-state index < -0.39 is 0 Å². The maximum Gasteiger partial charge on any atom is 0.0434 e. The van der Waals surface area contributed by atoms with Gasteiger partial charge in [0.15, 0.2) is 0 Å². The molecule has 1 saturated carbocycles. The lowest BCUT2D eigenvalue weighted by molar-refractivity contribution is 0.299. The highest BCUT2D eigenvalue weighted by Crippen LogP contribution is 2.37. The number of benzene rings is 1. The Balaban J connectivity index is 1.41. The molecule has 0 bridgehead atoms. The summed E-state index contributed by atoms with van der Waals surface area (Å²) in [6.45, 7) is 4.58. The Morgan fingerprint density at radius 1 is 0.656 bits per heavy atom. The molecule has 1 aliphatic rings. The molecule has 3 rings (SSSR count). The second-order valence-corrected chi connectivity index (χ2v) is 10.3. The van der Waals surface area contributed by atoms with Gasteiger partial charge in [-0.1, -0.05) is 108 Å². The van der Waals surface area contributed by atoms with E-state index in [2.05, 4.69) is 56.4 Å². The number of aromatic nitrogens is 1. The molecule has 1 fully saturated rings. The zero-order valence-corrected chi connectivity index (χ0v) is 21.0. The predicted octanol–water partition coefficient (Wildman–Crippen LogP) is 9.90. The molecule has 2 aromatic rings. The quantitative estimate of drug-likeness (QED) is 0.270. The van der Waals surface area contributed by atoms with E-state index in [1.54, 1.807) is 0 Å². The Hall–Kier alpha value is -1.63. The van der Waals surface area contributed by atoms with E-state index >= 15 is 0 Å². The molecule has 0 amide bonds. The molecule has 32 heavy (non-hydrogen) atoms. The highest BCUT2D eigenvalue weighted by atomic mass is 14.7. The fraction of sp³-hybridized carbons (Fsp3) is 0.645. The second-order valence-electron chi connectivity index (χ2n) is 10.3. The van der Waals surface area contributed by atoms with Crippen molar-refractivity contribution in [2.45, 2.75) is 122 Å². The highest BCUT2D eigenvalue weighted by molar-refractivity contribution is 5.62. The van der Waals surface area contributed by atoms with Crippen molar-refractivity contribution in [3.05, 3.63) is 53.9 Å². The number of unbranched alkanes of at least 4 members (excludes halogenated alkanes) is 8. The first-order valence-corrected chi connectivity index (χ1v) is 13.9. The first kappa shape index (κ1) is 25.0. The van der Waals surface area contributed by atoms with Crippen LogP contribution in [0.1, 0.15) is 127 Å². The van der Waals surface area contributed by atoms with Gasteiger partial charge in [0.05, 0.1) is 0 Å². The predicted molar refractivity (Wildman–Crippen MR) is 140 cm³/mol. The van der Waals surface area contributed by atoms with Crippen molar-refractivity contribution >= 4 is 0 Å². The molecule has 1 nitrogen and oxygen atoms in total. The standard InChI is InChI=1S/C31H47N/c1-3-5-7-9-10-12-14-26-15-19-28(20-16-26)30-23-24-31(32-25-30)29-21-17-27(18-22-29)13-11-8-6-4-2/h15-16,19-20,23-25,27,29H,3-14,17-18,21-22H2,1-2H3. The van der Waals surface area contributed by atoms with Gasteiger partial charge in [0, 0.05) is 23.4 Å². The van der Waals surface area contributed by atoms with Gasteiger partial charge in [-0.3, -0.25) is 4.98 Å². The van der Waals surface area contributed by atoms with Crippen molar-refractivity contribution in [2.24, 2.45) is 5.92 Å². The number of aryl methyl sites for hydroxylation is 1. The summed E-state index contributed by atoms with van der Waals surface area (Å²) in [5, 5.41) is 0. The summed E-state index contributed by atoms with van der Waals surface area (Å²) >= 11 is 0. The molecule has 1 aromatic carbocycles. The largest absolute Gasteiger partial charge is 0.260 e. The van der Waals surface area contributed by atoms with Crippen LogP contribution in [0.3, 0.4) is 0 Å². The number of rotatable bonds is 14. The lowest BCUT2D eigenvalue weighted by Crippen LogP contribution is -2.14. The Morgan fingerprint density at radius 3 is 1.94 bits per heavy atom. The smallest absolute Gasteiger partial charge is 0.0434 e. The van der Waals surface area contributed by atoms with E-state index in [4.69, 9.17) is 4.98 Å². The van der Waals surface area contributed by atoms with Crippen molar-refractivity contribution in [3.8, 4) is 11.1 Å². The topological polar surface area (TPSA) is 12.9 Å². The van der Waals surface area contributed by atoms with Crippen molar-refractivity contribution in [3.63, 3.8) is 0 Å². The highest BCUT2D eigenvalue weighted by Gasteiger charge is 2.22. The van der Waals surface area contributed by atoms with Crippen LogP contribution >= 0.6 is 0 Å². The van der Waals surface area contributed by atoms with Crippen molar-refractivity contribution in [1.29, 1.82) is 0 Å². The van der Waals surface area contributed by atoms with Gasteiger partial charge in [-0.2, -0.15) is 0 Å². The third-order valence-corrected chi connectivity index (χ3v) is 7.62. The summed E-state index contributed by atoms with van der Waals surface area (Å²) in [6, 6.07) is 13.8. The fourth-order valence-electron chi connectivity index (χ4n) is 5.40. The van der Waals surface area contributed by atoms with E-state index in [-0.39, 0.29) is 0 Å². The van der Waals surface area contributed by atoms with Crippen LogP contribution in [0.4, 0.5) is 0 Å². The third kappa shape index (κ3) is 8.38. The molecular weight excluding hydrogens is 386 g/mol. The van der Waals surface area contributed by atoms with Gasteiger partial charge in [0.1, 0.15) is 0 Å². The van der Waals surface area contributed by atoms with Gasteiger partial charge in [0.2, 0.25) is 0 Å². The molecular formula is C31H47N.